The van der Waals surface area contributed by atoms with E-state index in [1.165, 1.54) is 37.3 Å². The Morgan fingerprint density at radius 3 is 2.54 bits per heavy atom. The monoisotopic (exact) mass is 389 g/mol. The molecule has 0 fully saturated rings. The van der Waals surface area contributed by atoms with Gasteiger partial charge in [0.1, 0.15) is 0 Å². The van der Waals surface area contributed by atoms with Gasteiger partial charge in [0.15, 0.2) is 17.7 Å². The first-order valence-electron chi connectivity index (χ1n) is 8.46. The van der Waals surface area contributed by atoms with Crippen LogP contribution in [0.2, 0.25) is 0 Å². The van der Waals surface area contributed by atoms with E-state index in [2.05, 4.69) is 16.2 Å². The molecule has 0 spiro atoms. The predicted octanol–water partition coefficient (Wildman–Crippen LogP) is 2.62. The van der Waals surface area contributed by atoms with Crippen LogP contribution in [0.5, 0.6) is 5.75 Å². The summed E-state index contributed by atoms with van der Waals surface area (Å²) in [7, 11) is 0. The first-order valence-corrected chi connectivity index (χ1v) is 8.46. The molecule has 2 aromatic rings. The van der Waals surface area contributed by atoms with Crippen molar-refractivity contribution in [3.05, 3.63) is 59.9 Å². The van der Waals surface area contributed by atoms with Gasteiger partial charge in [-0.1, -0.05) is 18.2 Å². The van der Waals surface area contributed by atoms with Crippen molar-refractivity contribution in [3.63, 3.8) is 0 Å². The number of hydrogen-bond donors (Lipinski definition) is 3. The highest BCUT2D eigenvalue weighted by Gasteiger charge is 2.17. The number of carbonyl (C=O) groups excluding carboxylic acids is 3. The summed E-state index contributed by atoms with van der Waals surface area (Å²) >= 11 is 0. The molecule has 9 heteroatoms. The van der Waals surface area contributed by atoms with E-state index < -0.39 is 29.8 Å². The predicted molar refractivity (Wildman–Crippen MR) is 99.2 cm³/mol. The Bertz CT molecular complexity index is 859. The molecular formula is C19H20FN3O5. The van der Waals surface area contributed by atoms with Crippen molar-refractivity contribution in [1.29, 1.82) is 0 Å². The fourth-order valence-electron chi connectivity index (χ4n) is 2.10. The molecule has 3 N–H and O–H groups in total. The summed E-state index contributed by atoms with van der Waals surface area (Å²) in [4.78, 5) is 35.6. The van der Waals surface area contributed by atoms with Gasteiger partial charge in [-0.3, -0.25) is 25.8 Å². The van der Waals surface area contributed by atoms with E-state index in [0.717, 1.165) is 0 Å². The van der Waals surface area contributed by atoms with Crippen molar-refractivity contribution >= 4 is 23.6 Å². The number of rotatable bonds is 6. The molecule has 0 bridgehead atoms. The number of ether oxygens (including phenoxy) is 2. The highest BCUT2D eigenvalue weighted by Crippen LogP contribution is 2.17. The average molecular weight is 389 g/mol. The van der Waals surface area contributed by atoms with Crippen LogP contribution in [0.15, 0.2) is 48.5 Å². The summed E-state index contributed by atoms with van der Waals surface area (Å²) in [5, 5.41) is 2.47. The average Bonchev–Trinajstić information content (AvgIpc) is 2.68. The maximum absolute atomic E-state index is 13.6. The lowest BCUT2D eigenvalue weighted by Crippen LogP contribution is -2.47. The molecule has 0 saturated heterocycles. The SMILES string of the molecule is CCOC(=O)Nc1cccc(C(=O)NNC(=O)[C@@H](C)Oc2ccccc2F)c1. The van der Waals surface area contributed by atoms with Gasteiger partial charge in [0, 0.05) is 11.3 Å². The molecular weight excluding hydrogens is 369 g/mol. The Kier molecular flexibility index (Phi) is 7.32. The molecule has 0 aromatic heterocycles. The molecule has 148 valence electrons. The van der Waals surface area contributed by atoms with Gasteiger partial charge in [-0.25, -0.2) is 9.18 Å². The van der Waals surface area contributed by atoms with Crippen LogP contribution < -0.4 is 20.9 Å². The number of benzene rings is 2. The molecule has 8 nitrogen and oxygen atoms in total. The van der Waals surface area contributed by atoms with Crippen molar-refractivity contribution < 1.29 is 28.2 Å². The van der Waals surface area contributed by atoms with E-state index in [1.807, 2.05) is 0 Å². The molecule has 28 heavy (non-hydrogen) atoms. The number of hydrazine groups is 1. The van der Waals surface area contributed by atoms with Gasteiger partial charge in [-0.05, 0) is 44.2 Å². The van der Waals surface area contributed by atoms with Gasteiger partial charge >= 0.3 is 6.09 Å². The number of hydrogen-bond acceptors (Lipinski definition) is 5. The van der Waals surface area contributed by atoms with E-state index in [0.29, 0.717) is 5.69 Å². The molecule has 0 saturated carbocycles. The second kappa shape index (κ2) is 9.91. The van der Waals surface area contributed by atoms with E-state index in [9.17, 15) is 18.8 Å². The summed E-state index contributed by atoms with van der Waals surface area (Å²) in [6.45, 7) is 3.30. The second-order valence-corrected chi connectivity index (χ2v) is 5.56. The van der Waals surface area contributed by atoms with Crippen molar-refractivity contribution in [3.8, 4) is 5.75 Å². The normalized spacial score (nSPS) is 11.1. The molecule has 2 aromatic carbocycles. The quantitative estimate of drug-likeness (QED) is 0.659. The third-order valence-corrected chi connectivity index (χ3v) is 3.46. The van der Waals surface area contributed by atoms with Crippen LogP contribution in [0, 0.1) is 5.82 Å². The molecule has 0 heterocycles. The summed E-state index contributed by atoms with van der Waals surface area (Å²) in [5.41, 5.74) is 4.98. The number of nitrogens with one attached hydrogen (secondary N) is 3. The van der Waals surface area contributed by atoms with Crippen molar-refractivity contribution in [1.82, 2.24) is 10.9 Å². The third kappa shape index (κ3) is 5.97. The minimum Gasteiger partial charge on any atom is -0.478 e. The lowest BCUT2D eigenvalue weighted by atomic mass is 10.2. The van der Waals surface area contributed by atoms with Crippen LogP contribution in [0.3, 0.4) is 0 Å². The molecule has 2 rings (SSSR count). The molecule has 0 aliphatic heterocycles. The minimum atomic E-state index is -1.05. The molecule has 0 aliphatic carbocycles. The van der Waals surface area contributed by atoms with Crippen LogP contribution in [0.1, 0.15) is 24.2 Å². The van der Waals surface area contributed by atoms with Gasteiger partial charge in [-0.15, -0.1) is 0 Å². The van der Waals surface area contributed by atoms with Crippen molar-refractivity contribution in [2.24, 2.45) is 0 Å². The van der Waals surface area contributed by atoms with E-state index in [1.54, 1.807) is 25.1 Å². The maximum atomic E-state index is 13.6. The van der Waals surface area contributed by atoms with Gasteiger partial charge in [0.25, 0.3) is 11.8 Å². The summed E-state index contributed by atoms with van der Waals surface area (Å²) in [5.74, 6) is -1.96. The van der Waals surface area contributed by atoms with Gasteiger partial charge in [0.2, 0.25) is 0 Å². The first kappa shape index (κ1) is 20.7. The molecule has 1 atom stereocenters. The molecule has 0 aliphatic rings. The Morgan fingerprint density at radius 2 is 1.82 bits per heavy atom. The van der Waals surface area contributed by atoms with E-state index in [4.69, 9.17) is 9.47 Å². The Balaban J connectivity index is 1.89. The van der Waals surface area contributed by atoms with E-state index >= 15 is 0 Å². The Morgan fingerprint density at radius 1 is 1.07 bits per heavy atom. The van der Waals surface area contributed by atoms with Crippen molar-refractivity contribution in [2.75, 3.05) is 11.9 Å². The largest absolute Gasteiger partial charge is 0.478 e. The van der Waals surface area contributed by atoms with Crippen LogP contribution in [0.25, 0.3) is 0 Å². The Labute approximate surface area is 161 Å². The lowest BCUT2D eigenvalue weighted by molar-refractivity contribution is -0.128. The zero-order chi connectivity index (χ0) is 20.5. The van der Waals surface area contributed by atoms with Gasteiger partial charge in [-0.2, -0.15) is 0 Å². The first-order chi connectivity index (χ1) is 13.4. The lowest BCUT2D eigenvalue weighted by Gasteiger charge is -2.15. The van der Waals surface area contributed by atoms with Crippen LogP contribution in [-0.2, 0) is 9.53 Å². The number of halogens is 1. The number of amides is 3. The Hall–Kier alpha value is -3.62. The van der Waals surface area contributed by atoms with Crippen LogP contribution in [-0.4, -0.2) is 30.6 Å². The fraction of sp³-hybridized carbons (Fsp3) is 0.211. The van der Waals surface area contributed by atoms with Crippen LogP contribution >= 0.6 is 0 Å². The van der Waals surface area contributed by atoms with Gasteiger partial charge < -0.3 is 9.47 Å². The second-order valence-electron chi connectivity index (χ2n) is 5.56. The number of carbonyl (C=O) groups is 3. The highest BCUT2D eigenvalue weighted by molar-refractivity contribution is 5.97. The zero-order valence-electron chi connectivity index (χ0n) is 15.3. The topological polar surface area (TPSA) is 106 Å². The summed E-state index contributed by atoms with van der Waals surface area (Å²) in [6, 6.07) is 11.7. The number of anilines is 1. The minimum absolute atomic E-state index is 0.0748. The highest BCUT2D eigenvalue weighted by atomic mass is 19.1. The summed E-state index contributed by atoms with van der Waals surface area (Å²) < 4.78 is 23.6. The van der Waals surface area contributed by atoms with Gasteiger partial charge in [0.05, 0.1) is 6.61 Å². The third-order valence-electron chi connectivity index (χ3n) is 3.46. The van der Waals surface area contributed by atoms with E-state index in [-0.39, 0.29) is 17.9 Å². The number of para-hydroxylation sites is 1. The molecule has 0 unspecified atom stereocenters. The molecule has 3 amide bonds. The maximum Gasteiger partial charge on any atom is 0.411 e. The zero-order valence-corrected chi connectivity index (χ0v) is 15.3. The fourth-order valence-corrected chi connectivity index (χ4v) is 2.10. The standard InChI is InChI=1S/C19H20FN3O5/c1-3-27-19(26)21-14-8-6-7-13(11-14)18(25)23-22-17(24)12(2)28-16-10-5-4-9-15(16)20/h4-12H,3H2,1-2H3,(H,21,26)(H,22,24)(H,23,25)/t12-/m1/s1. The molecule has 0 radical (unpaired) electrons. The summed E-state index contributed by atoms with van der Waals surface area (Å²) in [6.07, 6.45) is -1.69. The van der Waals surface area contributed by atoms with Crippen LogP contribution in [0.4, 0.5) is 14.9 Å². The van der Waals surface area contributed by atoms with Crippen molar-refractivity contribution in [2.45, 2.75) is 20.0 Å². The smallest absolute Gasteiger partial charge is 0.411 e.